The SMILES string of the molecule is O=C1CCC(=O)N1c1oc(-c2ccc(Cl)cc2F)c(O)c1O. The highest BCUT2D eigenvalue weighted by atomic mass is 35.5. The van der Waals surface area contributed by atoms with Crippen LogP contribution in [0.5, 0.6) is 11.5 Å². The number of aromatic hydroxyl groups is 2. The molecule has 1 aromatic carbocycles. The van der Waals surface area contributed by atoms with E-state index in [1.807, 2.05) is 0 Å². The highest BCUT2D eigenvalue weighted by Gasteiger charge is 2.37. The van der Waals surface area contributed by atoms with E-state index in [0.29, 0.717) is 4.90 Å². The van der Waals surface area contributed by atoms with Crippen LogP contribution in [0.4, 0.5) is 10.3 Å². The van der Waals surface area contributed by atoms with Gasteiger partial charge in [-0.2, -0.15) is 0 Å². The number of rotatable bonds is 2. The van der Waals surface area contributed by atoms with Crippen LogP contribution in [0, 0.1) is 5.82 Å². The van der Waals surface area contributed by atoms with Gasteiger partial charge in [-0.15, -0.1) is 0 Å². The van der Waals surface area contributed by atoms with Gasteiger partial charge in [-0.05, 0) is 18.2 Å². The lowest BCUT2D eigenvalue weighted by Crippen LogP contribution is -2.28. The van der Waals surface area contributed by atoms with Crippen LogP contribution in [0.2, 0.25) is 5.02 Å². The molecule has 0 atom stereocenters. The molecule has 0 saturated carbocycles. The molecule has 2 heterocycles. The van der Waals surface area contributed by atoms with Gasteiger partial charge >= 0.3 is 0 Å². The van der Waals surface area contributed by atoms with Crippen LogP contribution in [-0.4, -0.2) is 22.0 Å². The minimum Gasteiger partial charge on any atom is -0.502 e. The van der Waals surface area contributed by atoms with Crippen molar-refractivity contribution in [3.05, 3.63) is 29.0 Å². The molecule has 1 fully saturated rings. The summed E-state index contributed by atoms with van der Waals surface area (Å²) in [5.41, 5.74) is -0.164. The maximum absolute atomic E-state index is 13.9. The van der Waals surface area contributed by atoms with Crippen molar-refractivity contribution in [2.24, 2.45) is 0 Å². The lowest BCUT2D eigenvalue weighted by molar-refractivity contribution is -0.121. The minimum absolute atomic E-state index is 0.0234. The molecule has 0 unspecified atom stereocenters. The number of hydrogen-bond acceptors (Lipinski definition) is 5. The number of hydrogen-bond donors (Lipinski definition) is 2. The van der Waals surface area contributed by atoms with E-state index in [4.69, 9.17) is 16.0 Å². The second kappa shape index (κ2) is 5.03. The topological polar surface area (TPSA) is 91.0 Å². The Morgan fingerprint density at radius 2 is 1.77 bits per heavy atom. The molecule has 3 rings (SSSR count). The lowest BCUT2D eigenvalue weighted by atomic mass is 10.1. The molecule has 2 amide bonds. The van der Waals surface area contributed by atoms with Gasteiger partial charge in [0.05, 0.1) is 5.56 Å². The Labute approximate surface area is 128 Å². The van der Waals surface area contributed by atoms with Gasteiger partial charge in [0.25, 0.3) is 5.88 Å². The Hall–Kier alpha value is -2.54. The molecule has 1 saturated heterocycles. The fourth-order valence-electron chi connectivity index (χ4n) is 2.21. The third kappa shape index (κ3) is 2.10. The molecule has 2 aromatic rings. The summed E-state index contributed by atoms with van der Waals surface area (Å²) in [4.78, 5) is 24.0. The molecule has 1 aliphatic heterocycles. The van der Waals surface area contributed by atoms with Crippen LogP contribution >= 0.6 is 11.6 Å². The van der Waals surface area contributed by atoms with Crippen LogP contribution in [0.3, 0.4) is 0 Å². The van der Waals surface area contributed by atoms with Crippen molar-refractivity contribution < 1.29 is 28.6 Å². The quantitative estimate of drug-likeness (QED) is 0.828. The summed E-state index contributed by atoms with van der Waals surface area (Å²) in [5.74, 6) is -4.41. The first kappa shape index (κ1) is 14.4. The molecule has 0 aliphatic carbocycles. The smallest absolute Gasteiger partial charge is 0.256 e. The van der Waals surface area contributed by atoms with Gasteiger partial charge in [-0.1, -0.05) is 11.6 Å². The van der Waals surface area contributed by atoms with Crippen LogP contribution in [-0.2, 0) is 9.59 Å². The number of amides is 2. The van der Waals surface area contributed by atoms with Gasteiger partial charge in [0.15, 0.2) is 5.76 Å². The first-order valence-electron chi connectivity index (χ1n) is 6.26. The van der Waals surface area contributed by atoms with E-state index in [2.05, 4.69) is 0 Å². The summed E-state index contributed by atoms with van der Waals surface area (Å²) >= 11 is 5.64. The molecule has 0 spiro atoms. The second-order valence-corrected chi connectivity index (χ2v) is 5.12. The Balaban J connectivity index is 2.14. The third-order valence-electron chi connectivity index (χ3n) is 3.27. The Bertz CT molecular complexity index is 785. The highest BCUT2D eigenvalue weighted by Crippen LogP contribution is 2.48. The van der Waals surface area contributed by atoms with Crippen LogP contribution in [0.1, 0.15) is 12.8 Å². The van der Waals surface area contributed by atoms with Crippen LogP contribution in [0.25, 0.3) is 11.3 Å². The Morgan fingerprint density at radius 3 is 2.36 bits per heavy atom. The molecule has 22 heavy (non-hydrogen) atoms. The summed E-state index contributed by atoms with van der Waals surface area (Å²) in [6, 6.07) is 3.61. The standard InChI is InChI=1S/C14H9ClFNO5/c15-6-1-2-7(8(16)5-6)13-11(20)12(21)14(22-13)17-9(18)3-4-10(17)19/h1-2,5,20-21H,3-4H2. The van der Waals surface area contributed by atoms with Crippen molar-refractivity contribution in [3.8, 4) is 22.8 Å². The summed E-state index contributed by atoms with van der Waals surface area (Å²) in [7, 11) is 0. The van der Waals surface area contributed by atoms with Crippen molar-refractivity contribution in [2.45, 2.75) is 12.8 Å². The van der Waals surface area contributed by atoms with Crippen molar-refractivity contribution in [2.75, 3.05) is 4.90 Å². The van der Waals surface area contributed by atoms with E-state index < -0.39 is 40.8 Å². The molecule has 6 nitrogen and oxygen atoms in total. The molecule has 8 heteroatoms. The van der Waals surface area contributed by atoms with Gasteiger partial charge in [0.2, 0.25) is 23.3 Å². The first-order valence-corrected chi connectivity index (χ1v) is 6.64. The zero-order valence-corrected chi connectivity index (χ0v) is 11.7. The first-order chi connectivity index (χ1) is 10.4. The zero-order valence-electron chi connectivity index (χ0n) is 11.0. The van der Waals surface area contributed by atoms with Gasteiger partial charge in [-0.25, -0.2) is 9.29 Å². The van der Waals surface area contributed by atoms with Crippen LogP contribution in [0.15, 0.2) is 22.6 Å². The second-order valence-electron chi connectivity index (χ2n) is 4.68. The molecular formula is C14H9ClFNO5. The van der Waals surface area contributed by atoms with Gasteiger partial charge < -0.3 is 14.6 Å². The minimum atomic E-state index is -0.798. The Kier molecular flexibility index (Phi) is 3.29. The summed E-state index contributed by atoms with van der Waals surface area (Å²) in [5, 5.41) is 19.9. The predicted octanol–water partition coefficient (Wildman–Crippen LogP) is 2.80. The molecule has 1 aromatic heterocycles. The van der Waals surface area contributed by atoms with E-state index in [9.17, 15) is 24.2 Å². The lowest BCUT2D eigenvalue weighted by Gasteiger charge is -2.09. The maximum Gasteiger partial charge on any atom is 0.256 e. The van der Waals surface area contributed by atoms with Crippen molar-refractivity contribution in [1.29, 1.82) is 0 Å². The fraction of sp³-hybridized carbons (Fsp3) is 0.143. The normalized spacial score (nSPS) is 14.9. The number of halogens is 2. The Morgan fingerprint density at radius 1 is 1.14 bits per heavy atom. The van der Waals surface area contributed by atoms with Crippen molar-refractivity contribution in [3.63, 3.8) is 0 Å². The number of benzene rings is 1. The van der Waals surface area contributed by atoms with Crippen molar-refractivity contribution in [1.82, 2.24) is 0 Å². The monoisotopic (exact) mass is 325 g/mol. The average molecular weight is 326 g/mol. The number of carbonyl (C=O) groups is 2. The molecule has 2 N–H and O–H groups in total. The predicted molar refractivity (Wildman–Crippen MR) is 74.2 cm³/mol. The third-order valence-corrected chi connectivity index (χ3v) is 3.51. The van der Waals surface area contributed by atoms with Crippen LogP contribution < -0.4 is 4.90 Å². The van der Waals surface area contributed by atoms with Crippen molar-refractivity contribution >= 4 is 29.3 Å². The number of imide groups is 1. The average Bonchev–Trinajstić information content (AvgIpc) is 2.93. The number of furan rings is 1. The van der Waals surface area contributed by atoms with E-state index in [-0.39, 0.29) is 23.4 Å². The summed E-state index contributed by atoms with van der Waals surface area (Å²) < 4.78 is 19.1. The highest BCUT2D eigenvalue weighted by molar-refractivity contribution is 6.30. The van der Waals surface area contributed by atoms with E-state index in [1.165, 1.54) is 12.1 Å². The number of anilines is 1. The number of nitrogens with zero attached hydrogens (tertiary/aromatic N) is 1. The molecule has 1 aliphatic rings. The zero-order chi connectivity index (χ0) is 16.0. The maximum atomic E-state index is 13.9. The van der Waals surface area contributed by atoms with Gasteiger partial charge in [0.1, 0.15) is 5.82 Å². The van der Waals surface area contributed by atoms with E-state index in [0.717, 1.165) is 6.07 Å². The molecular weight excluding hydrogens is 317 g/mol. The largest absolute Gasteiger partial charge is 0.502 e. The summed E-state index contributed by atoms with van der Waals surface area (Å²) in [6.45, 7) is 0. The van der Waals surface area contributed by atoms with E-state index in [1.54, 1.807) is 0 Å². The van der Waals surface area contributed by atoms with E-state index >= 15 is 0 Å². The summed E-state index contributed by atoms with van der Waals surface area (Å²) in [6.07, 6.45) is -0.0469. The fourth-order valence-corrected chi connectivity index (χ4v) is 2.37. The van der Waals surface area contributed by atoms with Gasteiger partial charge in [0, 0.05) is 17.9 Å². The molecule has 114 valence electrons. The molecule has 0 bridgehead atoms. The number of carbonyl (C=O) groups excluding carboxylic acids is 2. The van der Waals surface area contributed by atoms with Gasteiger partial charge in [-0.3, -0.25) is 9.59 Å². The molecule has 0 radical (unpaired) electrons.